The van der Waals surface area contributed by atoms with Gasteiger partial charge in [0.15, 0.2) is 5.75 Å². The Hall–Kier alpha value is -2.38. The number of sulfonamides is 1. The molecule has 1 aromatic carbocycles. The van der Waals surface area contributed by atoms with Crippen LogP contribution in [-0.4, -0.2) is 43.7 Å². The average Bonchev–Trinajstić information content (AvgIpc) is 3.39. The van der Waals surface area contributed by atoms with Crippen molar-refractivity contribution in [3.05, 3.63) is 22.7 Å². The van der Waals surface area contributed by atoms with Gasteiger partial charge in [0.1, 0.15) is 5.69 Å². The fourth-order valence-corrected chi connectivity index (χ4v) is 4.13. The Bertz CT molecular complexity index is 909. The molecule has 0 bridgehead atoms. The number of hydrazine groups is 2. The lowest BCUT2D eigenvalue weighted by Gasteiger charge is -2.18. The van der Waals surface area contributed by atoms with E-state index in [1.165, 1.54) is 5.01 Å². The second kappa shape index (κ2) is 7.93. The van der Waals surface area contributed by atoms with E-state index in [9.17, 15) is 22.0 Å². The second-order valence-electron chi connectivity index (χ2n) is 5.88. The highest BCUT2D eigenvalue weighted by molar-refractivity contribution is 7.93. The van der Waals surface area contributed by atoms with E-state index in [-0.39, 0.29) is 16.5 Å². The zero-order valence-electron chi connectivity index (χ0n) is 14.5. The predicted molar refractivity (Wildman–Crippen MR) is 97.2 cm³/mol. The number of halogens is 3. The molecule has 0 radical (unpaired) electrons. The minimum atomic E-state index is -3.84. The average molecular weight is 439 g/mol. The number of carbonyl (C=O) groups is 1. The number of benzene rings is 1. The van der Waals surface area contributed by atoms with E-state index in [1.807, 2.05) is 0 Å². The van der Waals surface area contributed by atoms with Crippen LogP contribution in [0.1, 0.15) is 30.1 Å². The van der Waals surface area contributed by atoms with Crippen molar-refractivity contribution in [1.29, 1.82) is 0 Å². The fraction of sp³-hybridized carbons (Fsp3) is 0.429. The van der Waals surface area contributed by atoms with Crippen LogP contribution in [0.2, 0.25) is 5.02 Å². The van der Waals surface area contributed by atoms with Crippen LogP contribution in [-0.2, 0) is 10.0 Å². The Kier molecular flexibility index (Phi) is 5.76. The van der Waals surface area contributed by atoms with Crippen molar-refractivity contribution in [1.82, 2.24) is 21.4 Å². The van der Waals surface area contributed by atoms with Gasteiger partial charge in [0.2, 0.25) is 16.0 Å². The smallest absolute Gasteiger partial charge is 0.387 e. The van der Waals surface area contributed by atoms with Gasteiger partial charge < -0.3 is 4.74 Å². The van der Waals surface area contributed by atoms with Gasteiger partial charge >= 0.3 is 6.61 Å². The Morgan fingerprint density at radius 2 is 2.18 bits per heavy atom. The first kappa shape index (κ1) is 20.4. The molecule has 0 spiro atoms. The molecule has 0 atom stereocenters. The molecule has 1 saturated carbocycles. The number of nitrogens with one attached hydrogen (secondary N) is 4. The molecular weight excluding hydrogens is 422 g/mol. The van der Waals surface area contributed by atoms with Gasteiger partial charge in [-0.2, -0.15) is 8.78 Å². The Morgan fingerprint density at radius 3 is 2.79 bits per heavy atom. The van der Waals surface area contributed by atoms with Gasteiger partial charge in [0.25, 0.3) is 5.91 Å². The summed E-state index contributed by atoms with van der Waals surface area (Å²) in [5.74, 6) is -1.06. The van der Waals surface area contributed by atoms with Crippen LogP contribution in [0.4, 0.5) is 14.5 Å². The van der Waals surface area contributed by atoms with Crippen molar-refractivity contribution in [2.75, 3.05) is 11.3 Å². The Balaban J connectivity index is 1.91. The fourth-order valence-electron chi connectivity index (χ4n) is 2.37. The third-order valence-corrected chi connectivity index (χ3v) is 6.15. The van der Waals surface area contributed by atoms with Gasteiger partial charge in [-0.05, 0) is 31.9 Å². The first-order chi connectivity index (χ1) is 13.2. The molecule has 0 unspecified atom stereocenters. The maximum absolute atomic E-state index is 12.7. The minimum Gasteiger partial charge on any atom is -0.433 e. The summed E-state index contributed by atoms with van der Waals surface area (Å²) in [5, 5.41) is 6.78. The second-order valence-corrected chi connectivity index (χ2v) is 8.22. The molecule has 4 N–H and O–H groups in total. The monoisotopic (exact) mass is 438 g/mol. The van der Waals surface area contributed by atoms with E-state index in [4.69, 9.17) is 11.6 Å². The topological polar surface area (TPSA) is 124 Å². The van der Waals surface area contributed by atoms with Crippen molar-refractivity contribution in [3.63, 3.8) is 0 Å². The quantitative estimate of drug-likeness (QED) is 0.504. The normalized spacial score (nSPS) is 16.6. The molecular formula is C14H17ClF2N6O4S. The van der Waals surface area contributed by atoms with Crippen LogP contribution < -0.4 is 25.8 Å². The lowest BCUT2D eigenvalue weighted by Crippen LogP contribution is -2.47. The van der Waals surface area contributed by atoms with Crippen molar-refractivity contribution in [2.24, 2.45) is 5.10 Å². The largest absolute Gasteiger partial charge is 0.433 e. The molecule has 10 nitrogen and oxygen atoms in total. The number of hydrogen-bond acceptors (Lipinski definition) is 8. The number of ether oxygens (including phenoxy) is 1. The predicted octanol–water partition coefficient (Wildman–Crippen LogP) is 1.19. The number of carbonyl (C=O) groups excluding carboxylic acids is 1. The summed E-state index contributed by atoms with van der Waals surface area (Å²) < 4.78 is 56.4. The maximum atomic E-state index is 12.7. The Morgan fingerprint density at radius 1 is 1.46 bits per heavy atom. The highest BCUT2D eigenvalue weighted by Crippen LogP contribution is 2.39. The van der Waals surface area contributed by atoms with Crippen molar-refractivity contribution >= 4 is 39.2 Å². The number of anilines is 1. The number of amides is 1. The van der Waals surface area contributed by atoms with Crippen molar-refractivity contribution in [2.45, 2.75) is 31.6 Å². The molecule has 1 aliphatic carbocycles. The molecule has 0 aromatic heterocycles. The molecule has 14 heteroatoms. The third kappa shape index (κ3) is 4.36. The number of guanidine groups is 1. The first-order valence-electron chi connectivity index (χ1n) is 8.19. The SMILES string of the molecule is CCN1NNN=C1NC(=O)c1ccc(OC(F)F)c(NS(=O)(=O)C2CC2)c1Cl. The highest BCUT2D eigenvalue weighted by Gasteiger charge is 2.37. The minimum absolute atomic E-state index is 0.150. The van der Waals surface area contributed by atoms with Gasteiger partial charge in [-0.3, -0.25) is 19.8 Å². The third-order valence-electron chi connectivity index (χ3n) is 3.92. The molecule has 1 aliphatic heterocycles. The molecule has 3 rings (SSSR count). The molecule has 1 amide bonds. The van der Waals surface area contributed by atoms with E-state index in [0.717, 1.165) is 12.1 Å². The van der Waals surface area contributed by atoms with E-state index in [0.29, 0.717) is 19.4 Å². The molecule has 2 aliphatic rings. The number of alkyl halides is 2. The lowest BCUT2D eigenvalue weighted by molar-refractivity contribution is -0.0493. The van der Waals surface area contributed by atoms with Gasteiger partial charge in [-0.15, -0.1) is 10.6 Å². The van der Waals surface area contributed by atoms with Crippen LogP contribution in [0.5, 0.6) is 5.75 Å². The number of rotatable bonds is 7. The molecule has 28 heavy (non-hydrogen) atoms. The molecule has 154 valence electrons. The summed E-state index contributed by atoms with van der Waals surface area (Å²) in [6.45, 7) is -0.938. The molecule has 1 heterocycles. The summed E-state index contributed by atoms with van der Waals surface area (Å²) in [6.07, 6.45) is 0.898. The van der Waals surface area contributed by atoms with Crippen LogP contribution >= 0.6 is 11.6 Å². The van der Waals surface area contributed by atoms with E-state index in [1.54, 1.807) is 6.92 Å². The molecule has 1 aromatic rings. The summed E-state index contributed by atoms with van der Waals surface area (Å²) in [6, 6.07) is 2.19. The zero-order valence-corrected chi connectivity index (χ0v) is 16.1. The van der Waals surface area contributed by atoms with Gasteiger partial charge in [0, 0.05) is 6.54 Å². The van der Waals surface area contributed by atoms with Crippen LogP contribution in [0, 0.1) is 0 Å². The summed E-state index contributed by atoms with van der Waals surface area (Å²) in [7, 11) is -3.84. The summed E-state index contributed by atoms with van der Waals surface area (Å²) in [5.41, 5.74) is 4.55. The highest BCUT2D eigenvalue weighted by atomic mass is 35.5. The van der Waals surface area contributed by atoms with E-state index in [2.05, 4.69) is 30.9 Å². The van der Waals surface area contributed by atoms with Crippen LogP contribution in [0.25, 0.3) is 0 Å². The number of hydrogen-bond donors (Lipinski definition) is 4. The van der Waals surface area contributed by atoms with E-state index >= 15 is 0 Å². The van der Waals surface area contributed by atoms with Crippen molar-refractivity contribution < 1.29 is 26.7 Å². The van der Waals surface area contributed by atoms with Crippen LogP contribution in [0.15, 0.2) is 17.2 Å². The molecule has 0 saturated heterocycles. The maximum Gasteiger partial charge on any atom is 0.387 e. The standard InChI is InChI=1S/C14H17ClF2N6O4S/c1-2-23-14(19-21-22-23)18-12(24)8-5-6-9(27-13(16)17)11(10(8)15)20-28(25,26)7-3-4-7/h5-7,13,20-22H,2-4H2,1H3,(H,18,19,24). The number of hydrazone groups is 1. The Labute approximate surface area is 164 Å². The molecule has 1 fully saturated rings. The first-order valence-corrected chi connectivity index (χ1v) is 10.1. The van der Waals surface area contributed by atoms with Crippen LogP contribution in [0.3, 0.4) is 0 Å². The van der Waals surface area contributed by atoms with Gasteiger partial charge in [0.05, 0.1) is 15.8 Å². The van der Waals surface area contributed by atoms with Crippen molar-refractivity contribution in [3.8, 4) is 5.75 Å². The number of nitrogens with zero attached hydrogens (tertiary/aromatic N) is 2. The summed E-state index contributed by atoms with van der Waals surface area (Å²) >= 11 is 6.18. The zero-order chi connectivity index (χ0) is 20.5. The van der Waals surface area contributed by atoms with Gasteiger partial charge in [-0.1, -0.05) is 11.6 Å². The lowest BCUT2D eigenvalue weighted by atomic mass is 10.1. The summed E-state index contributed by atoms with van der Waals surface area (Å²) in [4.78, 5) is 12.6. The van der Waals surface area contributed by atoms with E-state index < -0.39 is 39.2 Å². The van der Waals surface area contributed by atoms with Gasteiger partial charge in [-0.25, -0.2) is 14.0 Å².